The molecule has 0 fully saturated rings. The van der Waals surface area contributed by atoms with Crippen molar-refractivity contribution in [3.8, 4) is 0 Å². The van der Waals surface area contributed by atoms with E-state index in [2.05, 4.69) is 31.5 Å². The van der Waals surface area contributed by atoms with Crippen molar-refractivity contribution < 1.29 is 4.43 Å². The van der Waals surface area contributed by atoms with Gasteiger partial charge in [0, 0.05) is 26.7 Å². The van der Waals surface area contributed by atoms with Gasteiger partial charge in [0.05, 0.1) is 6.33 Å². The minimum Gasteiger partial charge on any atom is -0.415 e. The number of unbranched alkanes of at least 4 members (excludes halogenated alkanes) is 1. The minimum absolute atomic E-state index is 0.218. The van der Waals surface area contributed by atoms with E-state index < -0.39 is 8.32 Å². The Kier molecular flexibility index (Phi) is 5.49. The Bertz CT molecular complexity index is 829. The molecule has 24 heavy (non-hydrogen) atoms. The Labute approximate surface area is 143 Å². The number of fused-ring (bicyclic) bond motifs is 1. The maximum atomic E-state index is 12.6. The zero-order valence-corrected chi connectivity index (χ0v) is 16.5. The highest BCUT2D eigenvalue weighted by atomic mass is 28.4. The molecule has 0 spiro atoms. The molecule has 1 unspecified atom stereocenters. The molecular weight excluding hydrogens is 324 g/mol. The fraction of sp³-hybridized carbons (Fsp3) is 0.688. The molecule has 0 aliphatic rings. The number of aryl methyl sites for hydroxylation is 2. The second kappa shape index (κ2) is 7.06. The first-order chi connectivity index (χ1) is 11.1. The van der Waals surface area contributed by atoms with Gasteiger partial charge in [-0.25, -0.2) is 9.78 Å². The molecule has 2 aromatic heterocycles. The molecule has 0 amide bonds. The van der Waals surface area contributed by atoms with E-state index in [1.807, 2.05) is 0 Å². The first-order valence-electron chi connectivity index (χ1n) is 8.40. The molecule has 0 radical (unpaired) electrons. The van der Waals surface area contributed by atoms with Crippen molar-refractivity contribution >= 4 is 19.5 Å². The lowest BCUT2D eigenvalue weighted by Gasteiger charge is -2.23. The molecule has 2 aromatic rings. The molecule has 1 atom stereocenters. The maximum Gasteiger partial charge on any atom is 0.332 e. The van der Waals surface area contributed by atoms with Crippen molar-refractivity contribution in [2.24, 2.45) is 14.1 Å². The zero-order chi connectivity index (χ0) is 18.1. The van der Waals surface area contributed by atoms with Crippen molar-refractivity contribution in [2.75, 3.05) is 0 Å². The van der Waals surface area contributed by atoms with Gasteiger partial charge < -0.3 is 8.99 Å². The number of nitrogens with zero attached hydrogens (tertiary/aromatic N) is 4. The summed E-state index contributed by atoms with van der Waals surface area (Å²) in [5.41, 5.74) is 0.325. The third kappa shape index (κ3) is 4.04. The van der Waals surface area contributed by atoms with Crippen LogP contribution in [0, 0.1) is 0 Å². The number of hydrogen-bond donors (Lipinski definition) is 0. The number of aromatic nitrogens is 4. The average Bonchev–Trinajstić information content (AvgIpc) is 2.84. The Morgan fingerprint density at radius 2 is 1.88 bits per heavy atom. The molecule has 8 heteroatoms. The maximum absolute atomic E-state index is 12.6. The highest BCUT2D eigenvalue weighted by Crippen LogP contribution is 2.12. The normalized spacial score (nSPS) is 13.6. The zero-order valence-electron chi connectivity index (χ0n) is 15.5. The van der Waals surface area contributed by atoms with Crippen LogP contribution in [0.15, 0.2) is 15.9 Å². The molecule has 0 aliphatic heterocycles. The van der Waals surface area contributed by atoms with Crippen LogP contribution >= 0.6 is 0 Å². The van der Waals surface area contributed by atoms with Crippen molar-refractivity contribution in [3.63, 3.8) is 0 Å². The average molecular weight is 353 g/mol. The third-order valence-corrected chi connectivity index (χ3v) is 5.11. The van der Waals surface area contributed by atoms with E-state index in [-0.39, 0.29) is 17.4 Å². The Morgan fingerprint density at radius 3 is 2.50 bits per heavy atom. The molecule has 2 heterocycles. The molecule has 0 aliphatic carbocycles. The van der Waals surface area contributed by atoms with Gasteiger partial charge in [0.15, 0.2) is 19.5 Å². The van der Waals surface area contributed by atoms with Gasteiger partial charge in [-0.05, 0) is 45.8 Å². The summed E-state index contributed by atoms with van der Waals surface area (Å²) in [6.45, 7) is 9.04. The van der Waals surface area contributed by atoms with Gasteiger partial charge in [0.2, 0.25) is 0 Å². The summed E-state index contributed by atoms with van der Waals surface area (Å²) in [5.74, 6) is 0. The summed E-state index contributed by atoms with van der Waals surface area (Å²) >= 11 is 0. The van der Waals surface area contributed by atoms with Crippen molar-refractivity contribution in [3.05, 3.63) is 27.2 Å². The second-order valence-electron chi connectivity index (χ2n) is 7.36. The standard InChI is InChI=1S/C16H28N4O3Si/c1-12(23-24(4,5)6)9-7-8-10-20-15(21)13-14(17-11-18(13)2)19(3)16(20)22/h11-12H,7-10H2,1-6H3. The molecule has 7 nitrogen and oxygen atoms in total. The lowest BCUT2D eigenvalue weighted by molar-refractivity contribution is 0.198. The first-order valence-corrected chi connectivity index (χ1v) is 11.8. The largest absolute Gasteiger partial charge is 0.415 e. The lowest BCUT2D eigenvalue weighted by Crippen LogP contribution is -2.39. The van der Waals surface area contributed by atoms with E-state index in [1.54, 1.807) is 25.0 Å². The molecule has 0 saturated carbocycles. The summed E-state index contributed by atoms with van der Waals surface area (Å²) in [5, 5.41) is 0. The smallest absolute Gasteiger partial charge is 0.332 e. The molecule has 134 valence electrons. The molecular formula is C16H28N4O3Si. The highest BCUT2D eigenvalue weighted by molar-refractivity contribution is 6.69. The van der Waals surface area contributed by atoms with Gasteiger partial charge in [0.25, 0.3) is 5.56 Å². The minimum atomic E-state index is -1.52. The van der Waals surface area contributed by atoms with E-state index in [1.165, 1.54) is 9.13 Å². The van der Waals surface area contributed by atoms with Gasteiger partial charge in [0.1, 0.15) is 0 Å². The van der Waals surface area contributed by atoms with Crippen LogP contribution < -0.4 is 11.2 Å². The van der Waals surface area contributed by atoms with Gasteiger partial charge >= 0.3 is 5.69 Å². The summed E-state index contributed by atoms with van der Waals surface area (Å²) in [6.07, 6.45) is 4.41. The van der Waals surface area contributed by atoms with Crippen LogP contribution in [0.5, 0.6) is 0 Å². The molecule has 0 saturated heterocycles. The van der Waals surface area contributed by atoms with E-state index in [9.17, 15) is 9.59 Å². The summed E-state index contributed by atoms with van der Waals surface area (Å²) in [7, 11) is 1.90. The predicted octanol–water partition coefficient (Wildman–Crippen LogP) is 1.84. The number of hydrogen-bond acceptors (Lipinski definition) is 4. The van der Waals surface area contributed by atoms with E-state index in [0.717, 1.165) is 19.3 Å². The molecule has 0 bridgehead atoms. The first kappa shape index (κ1) is 18.7. The van der Waals surface area contributed by atoms with Gasteiger partial charge in [-0.15, -0.1) is 0 Å². The second-order valence-corrected chi connectivity index (χ2v) is 11.8. The van der Waals surface area contributed by atoms with Gasteiger partial charge in [-0.3, -0.25) is 13.9 Å². The fourth-order valence-corrected chi connectivity index (χ4v) is 4.28. The number of rotatable bonds is 7. The third-order valence-electron chi connectivity index (χ3n) is 4.00. The van der Waals surface area contributed by atoms with Crippen molar-refractivity contribution in [2.45, 2.75) is 58.5 Å². The Hall–Kier alpha value is -1.67. The molecule has 0 aromatic carbocycles. The molecule has 0 N–H and O–H groups in total. The summed E-state index contributed by atoms with van der Waals surface area (Å²) in [4.78, 5) is 29.1. The van der Waals surface area contributed by atoms with Crippen LogP contribution in [-0.4, -0.2) is 33.1 Å². The quantitative estimate of drug-likeness (QED) is 0.563. The van der Waals surface area contributed by atoms with E-state index in [0.29, 0.717) is 17.7 Å². The SMILES string of the molecule is CC(CCCCn1c(=O)c2c(ncn2C)n(C)c1=O)O[Si](C)(C)C. The Morgan fingerprint density at radius 1 is 1.21 bits per heavy atom. The Balaban J connectivity index is 2.07. The van der Waals surface area contributed by atoms with E-state index >= 15 is 0 Å². The van der Waals surface area contributed by atoms with Gasteiger partial charge in [-0.1, -0.05) is 0 Å². The van der Waals surface area contributed by atoms with Crippen LogP contribution in [0.3, 0.4) is 0 Å². The number of imidazole rings is 1. The summed E-state index contributed by atoms with van der Waals surface area (Å²) < 4.78 is 10.4. The van der Waals surface area contributed by atoms with Crippen LogP contribution in [0.1, 0.15) is 26.2 Å². The van der Waals surface area contributed by atoms with Crippen LogP contribution in [0.4, 0.5) is 0 Å². The fourth-order valence-electron chi connectivity index (χ4n) is 2.96. The lowest BCUT2D eigenvalue weighted by atomic mass is 10.2. The predicted molar refractivity (Wildman–Crippen MR) is 98.0 cm³/mol. The van der Waals surface area contributed by atoms with Gasteiger partial charge in [-0.2, -0.15) is 0 Å². The van der Waals surface area contributed by atoms with Crippen LogP contribution in [0.2, 0.25) is 19.6 Å². The van der Waals surface area contributed by atoms with E-state index in [4.69, 9.17) is 4.43 Å². The topological polar surface area (TPSA) is 71.0 Å². The van der Waals surface area contributed by atoms with Crippen molar-refractivity contribution in [1.29, 1.82) is 0 Å². The van der Waals surface area contributed by atoms with Crippen LogP contribution in [0.25, 0.3) is 11.2 Å². The highest BCUT2D eigenvalue weighted by Gasteiger charge is 2.18. The van der Waals surface area contributed by atoms with Crippen LogP contribution in [-0.2, 0) is 25.1 Å². The molecule has 2 rings (SSSR count). The summed E-state index contributed by atoms with van der Waals surface area (Å²) in [6, 6.07) is 0. The monoisotopic (exact) mass is 352 g/mol. The van der Waals surface area contributed by atoms with Crippen molar-refractivity contribution in [1.82, 2.24) is 18.7 Å².